The van der Waals surface area contributed by atoms with Crippen LogP contribution in [0.1, 0.15) is 57.9 Å². The van der Waals surface area contributed by atoms with Crippen molar-refractivity contribution in [2.24, 2.45) is 5.92 Å². The van der Waals surface area contributed by atoms with E-state index in [0.29, 0.717) is 17.7 Å². The van der Waals surface area contributed by atoms with E-state index in [-0.39, 0.29) is 0 Å². The van der Waals surface area contributed by atoms with Crippen molar-refractivity contribution in [3.05, 3.63) is 22.3 Å². The third kappa shape index (κ3) is 4.20. The summed E-state index contributed by atoms with van der Waals surface area (Å²) in [6, 6.07) is 4.41. The maximum absolute atomic E-state index is 5.86. The molecule has 2 heterocycles. The quantitative estimate of drug-likeness (QED) is 0.740. The van der Waals surface area contributed by atoms with Crippen LogP contribution in [0, 0.1) is 5.92 Å². The minimum absolute atomic E-state index is 0.293. The second kappa shape index (κ2) is 7.16. The van der Waals surface area contributed by atoms with E-state index in [1.807, 2.05) is 0 Å². The molecule has 1 aromatic rings. The minimum atomic E-state index is 0.293. The van der Waals surface area contributed by atoms with E-state index in [2.05, 4.69) is 52.1 Å². The lowest BCUT2D eigenvalue weighted by atomic mass is 9.66. The SMILES string of the molecule is C[C@@H]1CN(Cc2cc(Br)nc(NC34CCC(CC3)CC4)c2)C[C@H](C)O1. The molecule has 25 heavy (non-hydrogen) atoms. The third-order valence-electron chi connectivity index (χ3n) is 6.24. The van der Waals surface area contributed by atoms with Gasteiger partial charge < -0.3 is 10.1 Å². The lowest BCUT2D eigenvalue weighted by Gasteiger charge is -2.47. The van der Waals surface area contributed by atoms with Crippen molar-refractivity contribution >= 4 is 21.7 Å². The highest BCUT2D eigenvalue weighted by Gasteiger charge is 2.40. The molecule has 1 saturated heterocycles. The first kappa shape index (κ1) is 17.7. The fraction of sp³-hybridized carbons (Fsp3) is 0.750. The predicted octanol–water partition coefficient (Wildman–Crippen LogP) is 4.59. The number of halogens is 1. The van der Waals surface area contributed by atoms with Gasteiger partial charge in [-0.1, -0.05) is 0 Å². The van der Waals surface area contributed by atoms with E-state index in [1.165, 1.54) is 44.1 Å². The van der Waals surface area contributed by atoms with E-state index in [9.17, 15) is 0 Å². The van der Waals surface area contributed by atoms with E-state index in [4.69, 9.17) is 9.72 Å². The van der Waals surface area contributed by atoms with Gasteiger partial charge in [0.25, 0.3) is 0 Å². The van der Waals surface area contributed by atoms with Crippen LogP contribution in [-0.4, -0.2) is 40.7 Å². The molecular weight excluding hydrogens is 378 g/mol. The lowest BCUT2D eigenvalue weighted by molar-refractivity contribution is -0.0704. The van der Waals surface area contributed by atoms with Crippen molar-refractivity contribution in [1.29, 1.82) is 0 Å². The second-order valence-corrected chi connectivity index (χ2v) is 9.33. The number of hydrogen-bond donors (Lipinski definition) is 1. The van der Waals surface area contributed by atoms with Crippen molar-refractivity contribution in [1.82, 2.24) is 9.88 Å². The number of hydrogen-bond acceptors (Lipinski definition) is 4. The van der Waals surface area contributed by atoms with Gasteiger partial charge in [0.15, 0.2) is 0 Å². The number of aromatic nitrogens is 1. The molecule has 3 saturated carbocycles. The first-order valence-electron chi connectivity index (χ1n) is 9.82. The van der Waals surface area contributed by atoms with Crippen LogP contribution in [0.2, 0.25) is 0 Å². The van der Waals surface area contributed by atoms with Gasteiger partial charge in [0.2, 0.25) is 0 Å². The van der Waals surface area contributed by atoms with Crippen LogP contribution in [0.4, 0.5) is 5.82 Å². The van der Waals surface area contributed by atoms with Gasteiger partial charge in [-0.05, 0) is 91.9 Å². The lowest BCUT2D eigenvalue weighted by Crippen LogP contribution is -2.46. The average Bonchev–Trinajstić information content (AvgIpc) is 2.54. The molecule has 4 nitrogen and oxygen atoms in total. The van der Waals surface area contributed by atoms with Crippen molar-refractivity contribution in [3.63, 3.8) is 0 Å². The molecule has 0 radical (unpaired) electrons. The summed E-state index contributed by atoms with van der Waals surface area (Å²) in [6.07, 6.45) is 8.69. The molecule has 138 valence electrons. The molecule has 0 unspecified atom stereocenters. The molecule has 0 spiro atoms. The van der Waals surface area contributed by atoms with Gasteiger partial charge in [-0.2, -0.15) is 0 Å². The van der Waals surface area contributed by atoms with Crippen molar-refractivity contribution < 1.29 is 4.74 Å². The Hall–Kier alpha value is -0.650. The number of nitrogens with zero attached hydrogens (tertiary/aromatic N) is 2. The Kier molecular flexibility index (Phi) is 5.09. The van der Waals surface area contributed by atoms with Crippen LogP contribution in [-0.2, 0) is 11.3 Å². The summed E-state index contributed by atoms with van der Waals surface area (Å²) in [5, 5.41) is 3.83. The second-order valence-electron chi connectivity index (χ2n) is 8.52. The fourth-order valence-electron chi connectivity index (χ4n) is 5.09. The molecule has 2 atom stereocenters. The van der Waals surface area contributed by atoms with Gasteiger partial charge in [0.05, 0.1) is 12.2 Å². The summed E-state index contributed by atoms with van der Waals surface area (Å²) in [6.45, 7) is 7.28. The Labute approximate surface area is 159 Å². The van der Waals surface area contributed by atoms with Gasteiger partial charge in [0, 0.05) is 25.2 Å². The van der Waals surface area contributed by atoms with Crippen LogP contribution in [0.3, 0.4) is 0 Å². The molecule has 2 bridgehead atoms. The van der Waals surface area contributed by atoms with Crippen LogP contribution in [0.15, 0.2) is 16.7 Å². The third-order valence-corrected chi connectivity index (χ3v) is 6.65. The Morgan fingerprint density at radius 1 is 1.16 bits per heavy atom. The Morgan fingerprint density at radius 3 is 2.44 bits per heavy atom. The highest BCUT2D eigenvalue weighted by molar-refractivity contribution is 9.10. The number of ether oxygens (including phenoxy) is 1. The highest BCUT2D eigenvalue weighted by Crippen LogP contribution is 2.45. The van der Waals surface area contributed by atoms with Gasteiger partial charge in [0.1, 0.15) is 10.4 Å². The molecule has 1 aromatic heterocycles. The van der Waals surface area contributed by atoms with Gasteiger partial charge in [-0.15, -0.1) is 0 Å². The van der Waals surface area contributed by atoms with Crippen LogP contribution in [0.25, 0.3) is 0 Å². The maximum atomic E-state index is 5.86. The summed E-state index contributed by atoms with van der Waals surface area (Å²) < 4.78 is 6.79. The van der Waals surface area contributed by atoms with Crippen molar-refractivity contribution in [2.45, 2.75) is 76.7 Å². The van der Waals surface area contributed by atoms with Crippen LogP contribution in [0.5, 0.6) is 0 Å². The van der Waals surface area contributed by atoms with Crippen molar-refractivity contribution in [3.8, 4) is 0 Å². The molecule has 4 aliphatic rings. The Balaban J connectivity index is 1.47. The Bertz CT molecular complexity index is 591. The first-order chi connectivity index (χ1) is 12.0. The molecule has 0 aromatic carbocycles. The van der Waals surface area contributed by atoms with Gasteiger partial charge in [-0.25, -0.2) is 4.98 Å². The smallest absolute Gasteiger partial charge is 0.128 e. The zero-order valence-electron chi connectivity index (χ0n) is 15.4. The largest absolute Gasteiger partial charge is 0.373 e. The number of fused-ring (bicyclic) bond motifs is 3. The number of rotatable bonds is 4. The monoisotopic (exact) mass is 407 g/mol. The number of morpholine rings is 1. The fourth-order valence-corrected chi connectivity index (χ4v) is 5.57. The number of anilines is 1. The number of pyridine rings is 1. The van der Waals surface area contributed by atoms with E-state index in [0.717, 1.165) is 36.0 Å². The molecule has 4 fully saturated rings. The Morgan fingerprint density at radius 2 is 1.80 bits per heavy atom. The van der Waals surface area contributed by atoms with E-state index < -0.39 is 0 Å². The van der Waals surface area contributed by atoms with Crippen LogP contribution >= 0.6 is 15.9 Å². The van der Waals surface area contributed by atoms with Crippen LogP contribution < -0.4 is 5.32 Å². The predicted molar refractivity (Wildman–Crippen MR) is 105 cm³/mol. The summed E-state index contributed by atoms with van der Waals surface area (Å²) >= 11 is 3.62. The minimum Gasteiger partial charge on any atom is -0.373 e. The highest BCUT2D eigenvalue weighted by atomic mass is 79.9. The maximum Gasteiger partial charge on any atom is 0.128 e. The zero-order chi connectivity index (χ0) is 17.4. The molecular formula is C20H30BrN3O. The molecule has 1 aliphatic heterocycles. The molecule has 1 N–H and O–H groups in total. The first-order valence-corrected chi connectivity index (χ1v) is 10.6. The van der Waals surface area contributed by atoms with Gasteiger partial charge in [-0.3, -0.25) is 4.90 Å². The molecule has 0 amide bonds. The van der Waals surface area contributed by atoms with Gasteiger partial charge >= 0.3 is 0 Å². The van der Waals surface area contributed by atoms with Crippen molar-refractivity contribution in [2.75, 3.05) is 18.4 Å². The average molecular weight is 408 g/mol. The summed E-state index contributed by atoms with van der Waals surface area (Å²) in [4.78, 5) is 7.22. The molecule has 5 heteroatoms. The normalized spacial score (nSPS) is 35.7. The molecule has 3 aliphatic carbocycles. The zero-order valence-corrected chi connectivity index (χ0v) is 17.0. The standard InChI is InChI=1S/C20H30BrN3O/c1-14-11-24(12-15(2)25-14)13-17-9-18(21)22-19(10-17)23-20-6-3-16(4-7-20)5-8-20/h9-10,14-16H,3-8,11-13H2,1-2H3,(H,22,23)/t14-,15+,16?,20?. The van der Waals surface area contributed by atoms with E-state index >= 15 is 0 Å². The summed E-state index contributed by atoms with van der Waals surface area (Å²) in [5.74, 6) is 2.03. The summed E-state index contributed by atoms with van der Waals surface area (Å²) in [7, 11) is 0. The number of nitrogens with one attached hydrogen (secondary N) is 1. The summed E-state index contributed by atoms with van der Waals surface area (Å²) in [5.41, 5.74) is 1.62. The molecule has 5 rings (SSSR count). The van der Waals surface area contributed by atoms with E-state index in [1.54, 1.807) is 0 Å². The topological polar surface area (TPSA) is 37.4 Å².